The lowest BCUT2D eigenvalue weighted by atomic mass is 10.3. The minimum absolute atomic E-state index is 0.153. The van der Waals surface area contributed by atoms with Crippen molar-refractivity contribution in [3.8, 4) is 0 Å². The SMILES string of the molecule is Cc1ccc(C)n1CCCC(F)(F)F. The van der Waals surface area contributed by atoms with Crippen LogP contribution in [0.2, 0.25) is 0 Å². The molecule has 0 spiro atoms. The van der Waals surface area contributed by atoms with Crippen molar-refractivity contribution in [3.63, 3.8) is 0 Å². The molecule has 0 bridgehead atoms. The van der Waals surface area contributed by atoms with E-state index in [0.29, 0.717) is 6.54 Å². The maximum absolute atomic E-state index is 11.9. The maximum atomic E-state index is 11.9. The molecule has 0 unspecified atom stereocenters. The Kier molecular flexibility index (Phi) is 3.24. The highest BCUT2D eigenvalue weighted by Crippen LogP contribution is 2.22. The Labute approximate surface area is 81.5 Å². The summed E-state index contributed by atoms with van der Waals surface area (Å²) in [6.07, 6.45) is -4.58. The zero-order valence-electron chi connectivity index (χ0n) is 8.36. The van der Waals surface area contributed by atoms with E-state index in [-0.39, 0.29) is 6.42 Å². The Hall–Kier alpha value is -0.930. The van der Waals surface area contributed by atoms with E-state index in [2.05, 4.69) is 0 Å². The van der Waals surface area contributed by atoms with Crippen molar-refractivity contribution in [2.24, 2.45) is 0 Å². The lowest BCUT2D eigenvalue weighted by molar-refractivity contribution is -0.135. The average Bonchev–Trinajstić information content (AvgIpc) is 2.33. The quantitative estimate of drug-likeness (QED) is 0.712. The van der Waals surface area contributed by atoms with Gasteiger partial charge >= 0.3 is 6.18 Å². The summed E-state index contributed by atoms with van der Waals surface area (Å²) < 4.78 is 37.5. The molecule has 1 heterocycles. The molecule has 0 radical (unpaired) electrons. The molecule has 14 heavy (non-hydrogen) atoms. The maximum Gasteiger partial charge on any atom is 0.389 e. The van der Waals surface area contributed by atoms with Crippen LogP contribution in [0.4, 0.5) is 13.2 Å². The first-order valence-corrected chi connectivity index (χ1v) is 4.59. The summed E-state index contributed by atoms with van der Waals surface area (Å²) in [7, 11) is 0. The van der Waals surface area contributed by atoms with Crippen LogP contribution >= 0.6 is 0 Å². The van der Waals surface area contributed by atoms with E-state index in [9.17, 15) is 13.2 Å². The lowest BCUT2D eigenvalue weighted by Crippen LogP contribution is -2.10. The molecule has 0 amide bonds. The molecule has 0 saturated carbocycles. The molecule has 0 aliphatic carbocycles. The van der Waals surface area contributed by atoms with Crippen molar-refractivity contribution in [1.29, 1.82) is 0 Å². The van der Waals surface area contributed by atoms with Crippen LogP contribution in [-0.2, 0) is 6.54 Å². The van der Waals surface area contributed by atoms with Gasteiger partial charge < -0.3 is 4.57 Å². The molecule has 1 nitrogen and oxygen atoms in total. The summed E-state index contributed by atoms with van der Waals surface area (Å²) in [5, 5.41) is 0. The van der Waals surface area contributed by atoms with Gasteiger partial charge in [0.05, 0.1) is 0 Å². The Bertz CT molecular complexity index is 279. The van der Waals surface area contributed by atoms with Gasteiger partial charge in [0.25, 0.3) is 0 Å². The summed E-state index contributed by atoms with van der Waals surface area (Å²) in [5.41, 5.74) is 2.04. The molecule has 0 saturated heterocycles. The number of hydrogen-bond donors (Lipinski definition) is 0. The highest BCUT2D eigenvalue weighted by atomic mass is 19.4. The van der Waals surface area contributed by atoms with E-state index in [1.54, 1.807) is 0 Å². The molecular formula is C10H14F3N. The Morgan fingerprint density at radius 2 is 1.64 bits per heavy atom. The minimum Gasteiger partial charge on any atom is -0.349 e. The zero-order chi connectivity index (χ0) is 10.8. The van der Waals surface area contributed by atoms with Crippen molar-refractivity contribution in [2.45, 2.75) is 39.4 Å². The van der Waals surface area contributed by atoms with Gasteiger partial charge in [-0.25, -0.2) is 0 Å². The summed E-state index contributed by atoms with van der Waals surface area (Å²) in [5.74, 6) is 0. The number of aryl methyl sites for hydroxylation is 2. The third-order valence-corrected chi connectivity index (χ3v) is 2.26. The number of nitrogens with zero attached hydrogens (tertiary/aromatic N) is 1. The topological polar surface area (TPSA) is 4.93 Å². The number of alkyl halides is 3. The van der Waals surface area contributed by atoms with Gasteiger partial charge in [0.15, 0.2) is 0 Å². The third-order valence-electron chi connectivity index (χ3n) is 2.26. The zero-order valence-corrected chi connectivity index (χ0v) is 8.36. The molecule has 80 valence electrons. The third kappa shape index (κ3) is 3.09. The molecule has 1 rings (SSSR count). The highest BCUT2D eigenvalue weighted by molar-refractivity contribution is 5.13. The monoisotopic (exact) mass is 205 g/mol. The molecule has 1 aromatic rings. The van der Waals surface area contributed by atoms with E-state index in [1.165, 1.54) is 0 Å². The molecule has 4 heteroatoms. The second-order valence-electron chi connectivity index (χ2n) is 3.49. The largest absolute Gasteiger partial charge is 0.389 e. The standard InChI is InChI=1S/C10H14F3N/c1-8-4-5-9(2)14(8)7-3-6-10(11,12)13/h4-5H,3,6-7H2,1-2H3. The molecule has 0 N–H and O–H groups in total. The number of halogens is 3. The first kappa shape index (κ1) is 11.1. The van der Waals surface area contributed by atoms with Crippen LogP contribution in [0.1, 0.15) is 24.2 Å². The Balaban J connectivity index is 2.46. The van der Waals surface area contributed by atoms with Crippen LogP contribution in [-0.4, -0.2) is 10.7 Å². The van der Waals surface area contributed by atoms with E-state index in [1.807, 2.05) is 30.5 Å². The summed E-state index contributed by atoms with van der Waals surface area (Å²) in [4.78, 5) is 0. The molecule has 0 aromatic carbocycles. The lowest BCUT2D eigenvalue weighted by Gasteiger charge is -2.10. The van der Waals surface area contributed by atoms with E-state index >= 15 is 0 Å². The number of rotatable bonds is 3. The van der Waals surface area contributed by atoms with Gasteiger partial charge in [-0.2, -0.15) is 13.2 Å². The van der Waals surface area contributed by atoms with Gasteiger partial charge in [0, 0.05) is 24.4 Å². The van der Waals surface area contributed by atoms with E-state index in [0.717, 1.165) is 11.4 Å². The van der Waals surface area contributed by atoms with E-state index in [4.69, 9.17) is 0 Å². The molecular weight excluding hydrogens is 191 g/mol. The van der Waals surface area contributed by atoms with E-state index < -0.39 is 12.6 Å². The molecule has 1 aromatic heterocycles. The van der Waals surface area contributed by atoms with Gasteiger partial charge in [-0.3, -0.25) is 0 Å². The first-order chi connectivity index (χ1) is 6.40. The smallest absolute Gasteiger partial charge is 0.349 e. The summed E-state index contributed by atoms with van der Waals surface area (Å²) in [6.45, 7) is 4.26. The van der Waals surface area contributed by atoms with Crippen LogP contribution in [0, 0.1) is 13.8 Å². The fraction of sp³-hybridized carbons (Fsp3) is 0.600. The Morgan fingerprint density at radius 3 is 2.07 bits per heavy atom. The molecule has 0 aliphatic rings. The fourth-order valence-corrected chi connectivity index (χ4v) is 1.49. The predicted molar refractivity (Wildman–Crippen MR) is 49.2 cm³/mol. The summed E-state index contributed by atoms with van der Waals surface area (Å²) >= 11 is 0. The second kappa shape index (κ2) is 4.07. The van der Waals surface area contributed by atoms with Crippen LogP contribution in [0.3, 0.4) is 0 Å². The average molecular weight is 205 g/mol. The highest BCUT2D eigenvalue weighted by Gasteiger charge is 2.26. The van der Waals surface area contributed by atoms with Crippen molar-refractivity contribution < 1.29 is 13.2 Å². The second-order valence-corrected chi connectivity index (χ2v) is 3.49. The van der Waals surface area contributed by atoms with Crippen molar-refractivity contribution in [3.05, 3.63) is 23.5 Å². The van der Waals surface area contributed by atoms with Crippen LogP contribution in [0.15, 0.2) is 12.1 Å². The molecule has 0 atom stereocenters. The van der Waals surface area contributed by atoms with Crippen LogP contribution in [0.25, 0.3) is 0 Å². The van der Waals surface area contributed by atoms with Crippen molar-refractivity contribution >= 4 is 0 Å². The fourth-order valence-electron chi connectivity index (χ4n) is 1.49. The van der Waals surface area contributed by atoms with Crippen molar-refractivity contribution in [2.75, 3.05) is 0 Å². The molecule has 0 fully saturated rings. The summed E-state index contributed by atoms with van der Waals surface area (Å²) in [6, 6.07) is 3.84. The van der Waals surface area contributed by atoms with Gasteiger partial charge in [0.1, 0.15) is 0 Å². The van der Waals surface area contributed by atoms with Crippen molar-refractivity contribution in [1.82, 2.24) is 4.57 Å². The first-order valence-electron chi connectivity index (χ1n) is 4.59. The number of aromatic nitrogens is 1. The minimum atomic E-state index is -4.03. The normalized spacial score (nSPS) is 12.1. The van der Waals surface area contributed by atoms with Crippen LogP contribution in [0.5, 0.6) is 0 Å². The number of hydrogen-bond acceptors (Lipinski definition) is 0. The van der Waals surface area contributed by atoms with Gasteiger partial charge in [-0.1, -0.05) is 0 Å². The Morgan fingerprint density at radius 1 is 1.14 bits per heavy atom. The van der Waals surface area contributed by atoms with Gasteiger partial charge in [0.2, 0.25) is 0 Å². The van der Waals surface area contributed by atoms with Gasteiger partial charge in [-0.15, -0.1) is 0 Å². The van der Waals surface area contributed by atoms with Crippen LogP contribution < -0.4 is 0 Å². The van der Waals surface area contributed by atoms with Gasteiger partial charge in [-0.05, 0) is 32.4 Å². The molecule has 0 aliphatic heterocycles. The predicted octanol–water partition coefficient (Wildman–Crippen LogP) is 3.45.